The van der Waals surface area contributed by atoms with Crippen LogP contribution in [0.1, 0.15) is 10.7 Å². The maximum absolute atomic E-state index is 10.9. The number of H-pyrrole nitrogens is 1. The summed E-state index contributed by atoms with van der Waals surface area (Å²) in [5.41, 5.74) is 0.661. The van der Waals surface area contributed by atoms with Crippen LogP contribution in [-0.2, 0) is 12.2 Å². The van der Waals surface area contributed by atoms with Crippen LogP contribution in [-0.4, -0.2) is 20.7 Å². The minimum atomic E-state index is -0.276. The Morgan fingerprint density at radius 1 is 1.38 bits per heavy atom. The third-order valence-corrected chi connectivity index (χ3v) is 3.89. The van der Waals surface area contributed by atoms with Gasteiger partial charge in [-0.3, -0.25) is 0 Å². The molecule has 2 heterocycles. The number of aryl methyl sites for hydroxylation is 1. The van der Waals surface area contributed by atoms with Gasteiger partial charge in [-0.1, -0.05) is 0 Å². The van der Waals surface area contributed by atoms with Crippen LogP contribution in [0.2, 0.25) is 0 Å². The van der Waals surface area contributed by atoms with Crippen molar-refractivity contribution in [1.82, 2.24) is 15.0 Å². The van der Waals surface area contributed by atoms with E-state index in [1.807, 2.05) is 29.4 Å². The molecule has 0 spiro atoms. The van der Waals surface area contributed by atoms with Crippen molar-refractivity contribution >= 4 is 23.1 Å². The first-order valence-corrected chi connectivity index (χ1v) is 6.88. The van der Waals surface area contributed by atoms with E-state index in [0.717, 1.165) is 28.6 Å². The fourth-order valence-electron chi connectivity index (χ4n) is 1.22. The summed E-state index contributed by atoms with van der Waals surface area (Å²) < 4.78 is 0. The van der Waals surface area contributed by atoms with Gasteiger partial charge in [0.25, 0.3) is 0 Å². The van der Waals surface area contributed by atoms with Gasteiger partial charge in [0, 0.05) is 29.2 Å². The zero-order valence-electron chi connectivity index (χ0n) is 8.55. The lowest BCUT2D eigenvalue weighted by atomic mass is 10.3. The molecule has 16 heavy (non-hydrogen) atoms. The molecule has 0 aliphatic rings. The molecule has 2 aromatic rings. The standard InChI is InChI=1S/C10H11N3OS2/c14-10-12-3-1-8(13-10)2-5-15-7-9-11-4-6-16-9/h1,3-4,6H,2,5,7H2,(H,12,13,14). The lowest BCUT2D eigenvalue weighted by Gasteiger charge is -1.99. The quantitative estimate of drug-likeness (QED) is 0.824. The molecule has 0 saturated heterocycles. The molecule has 0 amide bonds. The Morgan fingerprint density at radius 2 is 2.31 bits per heavy atom. The van der Waals surface area contributed by atoms with E-state index in [2.05, 4.69) is 15.0 Å². The monoisotopic (exact) mass is 253 g/mol. The summed E-state index contributed by atoms with van der Waals surface area (Å²) in [5, 5.41) is 3.13. The summed E-state index contributed by atoms with van der Waals surface area (Å²) in [6, 6.07) is 1.84. The third kappa shape index (κ3) is 3.46. The van der Waals surface area contributed by atoms with Crippen molar-refractivity contribution in [2.24, 2.45) is 0 Å². The third-order valence-electron chi connectivity index (χ3n) is 1.96. The summed E-state index contributed by atoms with van der Waals surface area (Å²) in [4.78, 5) is 21.4. The molecule has 0 aliphatic carbocycles. The predicted octanol–water partition coefficient (Wildman–Crippen LogP) is 1.70. The lowest BCUT2D eigenvalue weighted by Crippen LogP contribution is -2.11. The van der Waals surface area contributed by atoms with Gasteiger partial charge in [0.2, 0.25) is 0 Å². The summed E-state index contributed by atoms with van der Waals surface area (Å²) in [6.07, 6.45) is 4.22. The number of aromatic amines is 1. The van der Waals surface area contributed by atoms with Crippen molar-refractivity contribution in [1.29, 1.82) is 0 Å². The second-order valence-corrected chi connectivity index (χ2v) is 5.21. The average Bonchev–Trinajstić information content (AvgIpc) is 2.77. The SMILES string of the molecule is O=c1nccc(CCSCc2nccs2)[nH]1. The Hall–Kier alpha value is -1.14. The fraction of sp³-hybridized carbons (Fsp3) is 0.300. The minimum absolute atomic E-state index is 0.276. The van der Waals surface area contributed by atoms with E-state index in [4.69, 9.17) is 0 Å². The number of nitrogens with zero attached hydrogens (tertiary/aromatic N) is 2. The second kappa shape index (κ2) is 5.81. The van der Waals surface area contributed by atoms with Gasteiger partial charge in [-0.25, -0.2) is 14.8 Å². The molecular weight excluding hydrogens is 242 g/mol. The van der Waals surface area contributed by atoms with E-state index in [-0.39, 0.29) is 5.69 Å². The minimum Gasteiger partial charge on any atom is -0.310 e. The van der Waals surface area contributed by atoms with E-state index in [9.17, 15) is 4.79 Å². The summed E-state index contributed by atoms with van der Waals surface area (Å²) in [5.74, 6) is 1.91. The normalized spacial score (nSPS) is 10.5. The molecule has 2 aromatic heterocycles. The molecule has 0 aromatic carbocycles. The van der Waals surface area contributed by atoms with Crippen LogP contribution in [0.25, 0.3) is 0 Å². The van der Waals surface area contributed by atoms with Gasteiger partial charge >= 0.3 is 5.69 Å². The van der Waals surface area contributed by atoms with Crippen molar-refractivity contribution < 1.29 is 0 Å². The van der Waals surface area contributed by atoms with Crippen LogP contribution in [0.4, 0.5) is 0 Å². The molecule has 84 valence electrons. The average molecular weight is 253 g/mol. The molecule has 0 aliphatic heterocycles. The summed E-state index contributed by atoms with van der Waals surface area (Å²) in [6.45, 7) is 0. The molecule has 0 fully saturated rings. The van der Waals surface area contributed by atoms with Crippen LogP contribution in [0.3, 0.4) is 0 Å². The number of aromatic nitrogens is 3. The maximum Gasteiger partial charge on any atom is 0.345 e. The molecule has 6 heteroatoms. The van der Waals surface area contributed by atoms with Gasteiger partial charge in [0.05, 0.1) is 0 Å². The number of thiazole rings is 1. The van der Waals surface area contributed by atoms with Crippen molar-refractivity contribution in [3.05, 3.63) is 45.0 Å². The summed E-state index contributed by atoms with van der Waals surface area (Å²) >= 11 is 3.49. The molecule has 1 N–H and O–H groups in total. The lowest BCUT2D eigenvalue weighted by molar-refractivity contribution is 0.962. The van der Waals surface area contributed by atoms with Gasteiger partial charge in [-0.15, -0.1) is 11.3 Å². The highest BCUT2D eigenvalue weighted by atomic mass is 32.2. The Labute approximate surface area is 101 Å². The van der Waals surface area contributed by atoms with E-state index in [1.54, 1.807) is 17.5 Å². The Balaban J connectivity index is 1.74. The molecule has 0 atom stereocenters. The number of hydrogen-bond donors (Lipinski definition) is 1. The first-order chi connectivity index (χ1) is 7.84. The number of nitrogens with one attached hydrogen (secondary N) is 1. The highest BCUT2D eigenvalue weighted by Crippen LogP contribution is 2.14. The second-order valence-electron chi connectivity index (χ2n) is 3.13. The van der Waals surface area contributed by atoms with Crippen molar-refractivity contribution in [3.8, 4) is 0 Å². The molecule has 0 saturated carbocycles. The van der Waals surface area contributed by atoms with Crippen LogP contribution < -0.4 is 5.69 Å². The van der Waals surface area contributed by atoms with E-state index in [1.165, 1.54) is 0 Å². The van der Waals surface area contributed by atoms with Crippen molar-refractivity contribution in [3.63, 3.8) is 0 Å². The molecule has 4 nitrogen and oxygen atoms in total. The highest BCUT2D eigenvalue weighted by Gasteiger charge is 1.97. The topological polar surface area (TPSA) is 58.6 Å². The molecule has 2 rings (SSSR count). The first kappa shape index (κ1) is 11.3. The summed E-state index contributed by atoms with van der Waals surface area (Å²) in [7, 11) is 0. The van der Waals surface area contributed by atoms with Gasteiger partial charge in [0.1, 0.15) is 5.01 Å². The fourth-order valence-corrected chi connectivity index (χ4v) is 2.90. The highest BCUT2D eigenvalue weighted by molar-refractivity contribution is 7.98. The number of hydrogen-bond acceptors (Lipinski definition) is 5. The largest absolute Gasteiger partial charge is 0.345 e. The van der Waals surface area contributed by atoms with Gasteiger partial charge in [0.15, 0.2) is 0 Å². The smallest absolute Gasteiger partial charge is 0.310 e. The Bertz CT molecular complexity index is 481. The van der Waals surface area contributed by atoms with Crippen LogP contribution >= 0.6 is 23.1 Å². The Morgan fingerprint density at radius 3 is 3.06 bits per heavy atom. The van der Waals surface area contributed by atoms with Gasteiger partial charge < -0.3 is 4.98 Å². The van der Waals surface area contributed by atoms with Crippen LogP contribution in [0.15, 0.2) is 28.6 Å². The molecular formula is C10H11N3OS2. The number of rotatable bonds is 5. The van der Waals surface area contributed by atoms with Gasteiger partial charge in [-0.05, 0) is 18.2 Å². The van der Waals surface area contributed by atoms with Crippen LogP contribution in [0.5, 0.6) is 0 Å². The van der Waals surface area contributed by atoms with E-state index >= 15 is 0 Å². The molecule has 0 bridgehead atoms. The van der Waals surface area contributed by atoms with Crippen molar-refractivity contribution in [2.45, 2.75) is 12.2 Å². The van der Waals surface area contributed by atoms with E-state index in [0.29, 0.717) is 0 Å². The van der Waals surface area contributed by atoms with Gasteiger partial charge in [-0.2, -0.15) is 11.8 Å². The predicted molar refractivity (Wildman–Crippen MR) is 66.8 cm³/mol. The first-order valence-electron chi connectivity index (χ1n) is 4.85. The maximum atomic E-state index is 10.9. The zero-order chi connectivity index (χ0) is 11.2. The molecule has 0 radical (unpaired) electrons. The van der Waals surface area contributed by atoms with Crippen LogP contribution in [0, 0.1) is 0 Å². The molecule has 0 unspecified atom stereocenters. The number of thioether (sulfide) groups is 1. The van der Waals surface area contributed by atoms with E-state index < -0.39 is 0 Å². The van der Waals surface area contributed by atoms with Crippen molar-refractivity contribution in [2.75, 3.05) is 5.75 Å². The Kier molecular flexibility index (Phi) is 4.12. The zero-order valence-corrected chi connectivity index (χ0v) is 10.2.